The third kappa shape index (κ3) is 36.9. The Hall–Kier alpha value is -1.45. The number of ether oxygens (including phenoxy) is 2. The van der Waals surface area contributed by atoms with Gasteiger partial charge in [-0.2, -0.15) is 0 Å². The fourth-order valence-corrected chi connectivity index (χ4v) is 6.82. The number of carbonyl (C=O) groups is 2. The molecule has 0 bridgehead atoms. The van der Waals surface area contributed by atoms with Crippen molar-refractivity contribution >= 4 is 19.8 Å². The number of carboxylic acids is 1. The van der Waals surface area contributed by atoms with E-state index in [9.17, 15) is 19.0 Å². The molecule has 0 aliphatic carbocycles. The van der Waals surface area contributed by atoms with Gasteiger partial charge in [0.1, 0.15) is 12.6 Å². The van der Waals surface area contributed by atoms with Crippen LogP contribution in [0.15, 0.2) is 12.3 Å². The number of phosphoric ester groups is 1. The second kappa shape index (κ2) is 37.8. The van der Waals surface area contributed by atoms with Gasteiger partial charge in [-0.05, 0) is 25.3 Å². The first-order chi connectivity index (χ1) is 25.2. The van der Waals surface area contributed by atoms with Gasteiger partial charge in [-0.15, -0.1) is 0 Å². The highest BCUT2D eigenvalue weighted by Gasteiger charge is 2.27. The zero-order valence-corrected chi connectivity index (χ0v) is 34.3. The summed E-state index contributed by atoms with van der Waals surface area (Å²) in [4.78, 5) is 33.4. The molecule has 0 aromatic rings. The maximum Gasteiger partial charge on any atom is 0.472 e. The van der Waals surface area contributed by atoms with E-state index in [1.807, 2.05) is 6.08 Å². The third-order valence-corrected chi connectivity index (χ3v) is 10.3. The molecule has 11 heteroatoms. The van der Waals surface area contributed by atoms with Crippen LogP contribution in [-0.4, -0.2) is 53.9 Å². The van der Waals surface area contributed by atoms with E-state index in [2.05, 4.69) is 13.8 Å². The van der Waals surface area contributed by atoms with Crippen molar-refractivity contribution in [3.05, 3.63) is 12.3 Å². The number of esters is 1. The van der Waals surface area contributed by atoms with Crippen molar-refractivity contribution in [1.82, 2.24) is 0 Å². The quantitative estimate of drug-likeness (QED) is 0.0237. The van der Waals surface area contributed by atoms with Gasteiger partial charge >= 0.3 is 19.8 Å². The number of unbranched alkanes of at least 4 members (excludes halogenated alkanes) is 27. The zero-order chi connectivity index (χ0) is 38.4. The molecule has 1 unspecified atom stereocenters. The van der Waals surface area contributed by atoms with Crippen LogP contribution in [0.4, 0.5) is 0 Å². The van der Waals surface area contributed by atoms with Crippen LogP contribution in [0.3, 0.4) is 0 Å². The molecular formula is C41H80NO9P. The van der Waals surface area contributed by atoms with Crippen LogP contribution in [0.1, 0.15) is 206 Å². The highest BCUT2D eigenvalue weighted by atomic mass is 31.2. The molecule has 0 rings (SSSR count). The fourth-order valence-electron chi connectivity index (χ4n) is 6.04. The summed E-state index contributed by atoms with van der Waals surface area (Å²) < 4.78 is 33.1. The molecule has 308 valence electrons. The molecule has 4 N–H and O–H groups in total. The first-order valence-corrected chi connectivity index (χ1v) is 22.8. The molecule has 0 aromatic carbocycles. The van der Waals surface area contributed by atoms with Crippen LogP contribution in [0.5, 0.6) is 0 Å². The summed E-state index contributed by atoms with van der Waals surface area (Å²) in [5.74, 6) is -1.80. The largest absolute Gasteiger partial charge is 0.498 e. The molecule has 0 fully saturated rings. The van der Waals surface area contributed by atoms with Gasteiger partial charge in [0.25, 0.3) is 0 Å². The predicted octanol–water partition coefficient (Wildman–Crippen LogP) is 11.7. The third-order valence-electron chi connectivity index (χ3n) is 9.39. The topological polar surface area (TPSA) is 155 Å². The zero-order valence-electron chi connectivity index (χ0n) is 33.4. The van der Waals surface area contributed by atoms with E-state index in [0.29, 0.717) is 6.42 Å². The fraction of sp³-hybridized carbons (Fsp3) is 0.902. The molecule has 0 amide bonds. The van der Waals surface area contributed by atoms with Crippen LogP contribution in [0.25, 0.3) is 0 Å². The van der Waals surface area contributed by atoms with Crippen LogP contribution < -0.4 is 5.73 Å². The second-order valence-electron chi connectivity index (χ2n) is 14.6. The molecule has 0 saturated carbocycles. The van der Waals surface area contributed by atoms with E-state index >= 15 is 0 Å². The smallest absolute Gasteiger partial charge is 0.472 e. The molecule has 0 radical (unpaired) electrons. The van der Waals surface area contributed by atoms with E-state index in [0.717, 1.165) is 25.7 Å². The van der Waals surface area contributed by atoms with Crippen molar-refractivity contribution in [1.29, 1.82) is 0 Å². The maximum absolute atomic E-state index is 12.6. The molecule has 0 spiro atoms. The number of aliphatic carboxylic acids is 1. The lowest BCUT2D eigenvalue weighted by atomic mass is 10.0. The Kier molecular flexibility index (Phi) is 36.8. The number of rotatable bonds is 41. The van der Waals surface area contributed by atoms with Gasteiger partial charge in [0.2, 0.25) is 0 Å². The summed E-state index contributed by atoms with van der Waals surface area (Å²) in [6, 6.07) is -1.48. The average Bonchev–Trinajstić information content (AvgIpc) is 3.12. The van der Waals surface area contributed by atoms with Gasteiger partial charge in [-0.25, -0.2) is 4.57 Å². The Balaban J connectivity index is 4.27. The van der Waals surface area contributed by atoms with Crippen molar-refractivity contribution in [2.45, 2.75) is 219 Å². The summed E-state index contributed by atoms with van der Waals surface area (Å²) in [7, 11) is -4.62. The molecular weight excluding hydrogens is 681 g/mol. The van der Waals surface area contributed by atoms with Crippen molar-refractivity contribution in [2.24, 2.45) is 5.73 Å². The molecule has 3 atom stereocenters. The second-order valence-corrected chi connectivity index (χ2v) is 16.0. The summed E-state index contributed by atoms with van der Waals surface area (Å²) in [5, 5.41) is 8.88. The number of carboxylic acid groups (broad SMARTS) is 1. The Bertz CT molecular complexity index is 888. The molecule has 10 nitrogen and oxygen atoms in total. The van der Waals surface area contributed by atoms with Gasteiger partial charge in [-0.3, -0.25) is 18.6 Å². The van der Waals surface area contributed by atoms with Crippen LogP contribution in [0.2, 0.25) is 0 Å². The first kappa shape index (κ1) is 50.5. The van der Waals surface area contributed by atoms with Gasteiger partial charge < -0.3 is 25.2 Å². The number of allylic oxidation sites excluding steroid dienone is 1. The number of hydrogen-bond donors (Lipinski definition) is 3. The number of nitrogens with two attached hydrogens (primary N) is 1. The van der Waals surface area contributed by atoms with Crippen molar-refractivity contribution < 1.29 is 42.7 Å². The van der Waals surface area contributed by atoms with Crippen LogP contribution in [0, 0.1) is 0 Å². The lowest BCUT2D eigenvalue weighted by molar-refractivity contribution is -0.153. The minimum atomic E-state index is -4.62. The van der Waals surface area contributed by atoms with Gasteiger partial charge in [0.05, 0.1) is 19.5 Å². The van der Waals surface area contributed by atoms with Gasteiger partial charge in [0, 0.05) is 6.42 Å². The average molecular weight is 762 g/mol. The lowest BCUT2D eigenvalue weighted by Gasteiger charge is -2.20. The van der Waals surface area contributed by atoms with Gasteiger partial charge in [0.15, 0.2) is 6.10 Å². The molecule has 0 aliphatic rings. The standard InChI is InChI=1S/C41H80NO9P/c1-3-5-7-9-11-13-15-17-19-20-21-23-25-27-29-31-33-40(43)51-38(36-49-52(46,47)50-37-39(42)41(44)45)35-48-34-32-30-28-26-24-22-18-16-14-12-10-8-6-4-2/h32,34,38-39H,3-31,33,35-37,42H2,1-2H3,(H,44,45)(H,46,47)/b34-32-/t38-,39+/m1/s1. The molecule has 0 aromatic heterocycles. The molecule has 0 aliphatic heterocycles. The van der Waals surface area contributed by atoms with Crippen molar-refractivity contribution in [3.63, 3.8) is 0 Å². The van der Waals surface area contributed by atoms with Crippen LogP contribution >= 0.6 is 7.82 Å². The minimum absolute atomic E-state index is 0.0612. The SMILES string of the molecule is CCCCCCCCCCCCCC/C=C\OC[C@H](COP(=O)(O)OC[C@H](N)C(=O)O)OC(=O)CCCCCCCCCCCCCCCCCC. The highest BCUT2D eigenvalue weighted by molar-refractivity contribution is 7.47. The van der Waals surface area contributed by atoms with Gasteiger partial charge in [-0.1, -0.05) is 181 Å². The normalized spacial score (nSPS) is 14.0. The minimum Gasteiger partial charge on any atom is -0.498 e. The van der Waals surface area contributed by atoms with E-state index in [4.69, 9.17) is 29.4 Å². The van der Waals surface area contributed by atoms with E-state index in [1.165, 1.54) is 154 Å². The van der Waals surface area contributed by atoms with E-state index < -0.39 is 45.1 Å². The Morgan fingerprint density at radius 1 is 0.596 bits per heavy atom. The molecule has 52 heavy (non-hydrogen) atoms. The Morgan fingerprint density at radius 3 is 1.40 bits per heavy atom. The van der Waals surface area contributed by atoms with Crippen molar-refractivity contribution in [2.75, 3.05) is 19.8 Å². The predicted molar refractivity (Wildman–Crippen MR) is 212 cm³/mol. The van der Waals surface area contributed by atoms with E-state index in [-0.39, 0.29) is 13.0 Å². The van der Waals surface area contributed by atoms with Crippen molar-refractivity contribution in [3.8, 4) is 0 Å². The number of carbonyl (C=O) groups excluding carboxylic acids is 1. The Labute approximate surface area is 318 Å². The Morgan fingerprint density at radius 2 is 0.981 bits per heavy atom. The number of hydrogen-bond acceptors (Lipinski definition) is 8. The summed E-state index contributed by atoms with van der Waals surface area (Å²) in [5.41, 5.74) is 5.34. The van der Waals surface area contributed by atoms with Crippen LogP contribution in [-0.2, 0) is 32.7 Å². The van der Waals surface area contributed by atoms with E-state index in [1.54, 1.807) is 6.26 Å². The number of phosphoric acid groups is 1. The first-order valence-electron chi connectivity index (χ1n) is 21.3. The maximum atomic E-state index is 12.6. The lowest BCUT2D eigenvalue weighted by Crippen LogP contribution is -2.34. The molecule has 0 heterocycles. The summed E-state index contributed by atoms with van der Waals surface area (Å²) in [6.45, 7) is 3.29. The summed E-state index contributed by atoms with van der Waals surface area (Å²) in [6.07, 6.45) is 39.2. The molecule has 0 saturated heterocycles. The monoisotopic (exact) mass is 762 g/mol. The highest BCUT2D eigenvalue weighted by Crippen LogP contribution is 2.43. The summed E-state index contributed by atoms with van der Waals surface area (Å²) >= 11 is 0.